The monoisotopic (exact) mass is 265 g/mol. The Kier molecular flexibility index (Phi) is 3.46. The molecule has 19 heavy (non-hydrogen) atoms. The third-order valence-corrected chi connectivity index (χ3v) is 3.43. The molecule has 0 saturated carbocycles. The van der Waals surface area contributed by atoms with Crippen LogP contribution >= 0.6 is 0 Å². The van der Waals surface area contributed by atoms with Gasteiger partial charge in [-0.2, -0.15) is 5.10 Å². The molecule has 0 aliphatic carbocycles. The fourth-order valence-electron chi connectivity index (χ4n) is 2.19. The van der Waals surface area contributed by atoms with Crippen LogP contribution in [0.1, 0.15) is 25.5 Å². The topological polar surface area (TPSA) is 93.2 Å². The van der Waals surface area contributed by atoms with E-state index in [-0.39, 0.29) is 11.8 Å². The maximum atomic E-state index is 12.0. The lowest BCUT2D eigenvalue weighted by Crippen LogP contribution is -2.48. The van der Waals surface area contributed by atoms with Crippen LogP contribution in [0, 0.1) is 6.92 Å². The number of carbonyl (C=O) groups is 2. The zero-order valence-electron chi connectivity index (χ0n) is 11.4. The van der Waals surface area contributed by atoms with Gasteiger partial charge in [0.2, 0.25) is 5.91 Å². The predicted octanol–water partition coefficient (Wildman–Crippen LogP) is 0.353. The molecule has 1 aromatic rings. The van der Waals surface area contributed by atoms with Crippen molar-refractivity contribution in [3.8, 4) is 0 Å². The van der Waals surface area contributed by atoms with Gasteiger partial charge in [0.25, 0.3) is 5.91 Å². The minimum absolute atomic E-state index is 0.142. The van der Waals surface area contributed by atoms with Crippen LogP contribution in [0.25, 0.3) is 0 Å². The number of piperidine rings is 1. The molecule has 1 atom stereocenters. The fourth-order valence-corrected chi connectivity index (χ4v) is 2.19. The minimum Gasteiger partial charge on any atom is -0.394 e. The number of hydrogen-bond acceptors (Lipinski definition) is 5. The van der Waals surface area contributed by atoms with Gasteiger partial charge in [0.1, 0.15) is 11.9 Å². The van der Waals surface area contributed by atoms with E-state index >= 15 is 0 Å². The molecular weight excluding hydrogens is 246 g/mol. The number of aryl methyl sites for hydroxylation is 2. The second-order valence-electron chi connectivity index (χ2n) is 4.69. The molecule has 0 bridgehead atoms. The van der Waals surface area contributed by atoms with Crippen LogP contribution in [0.15, 0.2) is 0 Å². The Morgan fingerprint density at radius 1 is 1.47 bits per heavy atom. The third-order valence-electron chi connectivity index (χ3n) is 3.43. The Labute approximate surface area is 111 Å². The van der Waals surface area contributed by atoms with E-state index in [0.29, 0.717) is 30.9 Å². The summed E-state index contributed by atoms with van der Waals surface area (Å²) >= 11 is 0. The van der Waals surface area contributed by atoms with E-state index in [1.165, 1.54) is 7.05 Å². The number of nitrogens with two attached hydrogens (primary N) is 1. The fraction of sp³-hybridized carbons (Fsp3) is 0.583. The van der Waals surface area contributed by atoms with Gasteiger partial charge >= 0.3 is 0 Å². The first-order chi connectivity index (χ1) is 8.95. The molecule has 1 saturated heterocycles. The highest BCUT2D eigenvalue weighted by molar-refractivity contribution is 6.01. The number of hydrogen-bond donors (Lipinski definition) is 2. The summed E-state index contributed by atoms with van der Waals surface area (Å²) in [5, 5.41) is 7.41. The van der Waals surface area contributed by atoms with Crippen LogP contribution in [0.4, 0.5) is 11.5 Å². The number of likely N-dealkylation sites (N-methyl/N-ethyl adjacent to an activating group) is 1. The molecule has 1 fully saturated rings. The normalized spacial score (nSPS) is 19.9. The molecule has 2 heterocycles. The summed E-state index contributed by atoms with van der Waals surface area (Å²) in [5.41, 5.74) is 7.25. The largest absolute Gasteiger partial charge is 0.394 e. The van der Waals surface area contributed by atoms with Gasteiger partial charge in [-0.1, -0.05) is 0 Å². The van der Waals surface area contributed by atoms with Gasteiger partial charge in [0.15, 0.2) is 0 Å². The van der Waals surface area contributed by atoms with Crippen LogP contribution in [0.3, 0.4) is 0 Å². The van der Waals surface area contributed by atoms with Crippen LogP contribution in [-0.4, -0.2) is 39.6 Å². The van der Waals surface area contributed by atoms with Gasteiger partial charge in [0, 0.05) is 20.0 Å². The summed E-state index contributed by atoms with van der Waals surface area (Å²) in [6.45, 7) is 4.44. The van der Waals surface area contributed by atoms with Crippen LogP contribution in [-0.2, 0) is 16.1 Å². The molecule has 0 aromatic carbocycles. The van der Waals surface area contributed by atoms with E-state index in [1.54, 1.807) is 4.68 Å². The molecule has 1 aliphatic rings. The minimum atomic E-state index is -0.425. The number of imide groups is 1. The lowest BCUT2D eigenvalue weighted by atomic mass is 10.0. The van der Waals surface area contributed by atoms with Gasteiger partial charge in [-0.3, -0.25) is 14.5 Å². The zero-order valence-corrected chi connectivity index (χ0v) is 11.4. The molecule has 1 aromatic heterocycles. The highest BCUT2D eigenvalue weighted by Gasteiger charge is 2.32. The van der Waals surface area contributed by atoms with Crippen molar-refractivity contribution in [1.82, 2.24) is 14.7 Å². The molecular formula is C12H19N5O2. The number of aromatic nitrogens is 2. The van der Waals surface area contributed by atoms with Crippen LogP contribution in [0.2, 0.25) is 0 Å². The van der Waals surface area contributed by atoms with Crippen molar-refractivity contribution < 1.29 is 9.59 Å². The zero-order chi connectivity index (χ0) is 14.2. The Morgan fingerprint density at radius 2 is 2.16 bits per heavy atom. The maximum absolute atomic E-state index is 12.0. The first-order valence-corrected chi connectivity index (χ1v) is 6.35. The second kappa shape index (κ2) is 4.91. The van der Waals surface area contributed by atoms with E-state index in [0.717, 1.165) is 10.6 Å². The average molecular weight is 265 g/mol. The summed E-state index contributed by atoms with van der Waals surface area (Å²) in [7, 11) is 1.50. The number of nitrogen functional groups attached to an aromatic ring is 1. The highest BCUT2D eigenvalue weighted by atomic mass is 16.2. The van der Waals surface area contributed by atoms with E-state index < -0.39 is 6.04 Å². The number of carbonyl (C=O) groups excluding carboxylic acids is 2. The molecule has 2 amide bonds. The molecule has 3 N–H and O–H groups in total. The predicted molar refractivity (Wildman–Crippen MR) is 71.5 cm³/mol. The van der Waals surface area contributed by atoms with Gasteiger partial charge < -0.3 is 11.1 Å². The number of nitrogens with one attached hydrogen (secondary N) is 1. The molecule has 0 spiro atoms. The number of likely N-dealkylation sites (tertiary alicyclic amines) is 1. The van der Waals surface area contributed by atoms with Crippen LogP contribution < -0.4 is 11.1 Å². The molecule has 0 radical (unpaired) electrons. The number of anilines is 2. The third kappa shape index (κ3) is 2.27. The van der Waals surface area contributed by atoms with E-state index in [9.17, 15) is 9.59 Å². The Balaban J connectivity index is 2.22. The quantitative estimate of drug-likeness (QED) is 0.769. The summed E-state index contributed by atoms with van der Waals surface area (Å²) in [6, 6.07) is -0.425. The van der Waals surface area contributed by atoms with Gasteiger partial charge in [0.05, 0.1) is 11.4 Å². The summed E-state index contributed by atoms with van der Waals surface area (Å²) < 4.78 is 1.73. The number of rotatable bonds is 3. The Morgan fingerprint density at radius 3 is 2.79 bits per heavy atom. The number of amides is 2. The lowest BCUT2D eigenvalue weighted by Gasteiger charge is -2.29. The van der Waals surface area contributed by atoms with Crippen molar-refractivity contribution in [2.45, 2.75) is 39.3 Å². The van der Waals surface area contributed by atoms with Gasteiger partial charge in [-0.25, -0.2) is 4.68 Å². The Bertz CT molecular complexity index is 522. The molecule has 7 heteroatoms. The van der Waals surface area contributed by atoms with E-state index in [4.69, 9.17) is 5.73 Å². The molecule has 7 nitrogen and oxygen atoms in total. The average Bonchev–Trinajstić information content (AvgIpc) is 2.66. The lowest BCUT2D eigenvalue weighted by molar-refractivity contribution is -0.146. The van der Waals surface area contributed by atoms with Crippen molar-refractivity contribution in [3.05, 3.63) is 5.69 Å². The van der Waals surface area contributed by atoms with E-state index in [1.807, 2.05) is 13.8 Å². The van der Waals surface area contributed by atoms with Crippen molar-refractivity contribution in [2.75, 3.05) is 18.1 Å². The first-order valence-electron chi connectivity index (χ1n) is 6.35. The van der Waals surface area contributed by atoms with Crippen LogP contribution in [0.5, 0.6) is 0 Å². The maximum Gasteiger partial charge on any atom is 0.251 e. The summed E-state index contributed by atoms with van der Waals surface area (Å²) in [5.74, 6) is 0.287. The van der Waals surface area contributed by atoms with Crippen molar-refractivity contribution in [3.63, 3.8) is 0 Å². The summed E-state index contributed by atoms with van der Waals surface area (Å²) in [6.07, 6.45) is 0.842. The highest BCUT2D eigenvalue weighted by Crippen LogP contribution is 2.25. The van der Waals surface area contributed by atoms with Crippen molar-refractivity contribution in [2.24, 2.45) is 0 Å². The smallest absolute Gasteiger partial charge is 0.251 e. The molecule has 1 aliphatic heterocycles. The van der Waals surface area contributed by atoms with Gasteiger partial charge in [-0.05, 0) is 20.3 Å². The second-order valence-corrected chi connectivity index (χ2v) is 4.69. The Hall–Kier alpha value is -2.05. The molecule has 104 valence electrons. The molecule has 1 unspecified atom stereocenters. The van der Waals surface area contributed by atoms with Crippen molar-refractivity contribution >= 4 is 23.3 Å². The first kappa shape index (κ1) is 13.4. The van der Waals surface area contributed by atoms with E-state index in [2.05, 4.69) is 10.4 Å². The number of nitrogens with zero attached hydrogens (tertiary/aromatic N) is 3. The standard InChI is InChI=1S/C12H19N5O2/c1-4-17-11(10(13)7(2)15-17)14-8-5-6-9(18)16(3)12(8)19/h8,14H,4-6,13H2,1-3H3. The SMILES string of the molecule is CCn1nc(C)c(N)c1NC1CCC(=O)N(C)C1=O. The van der Waals surface area contributed by atoms with Gasteiger partial charge in [-0.15, -0.1) is 0 Å². The van der Waals surface area contributed by atoms with Crippen molar-refractivity contribution in [1.29, 1.82) is 0 Å². The summed E-state index contributed by atoms with van der Waals surface area (Å²) in [4.78, 5) is 24.6. The molecule has 2 rings (SSSR count).